The van der Waals surface area contributed by atoms with E-state index in [1.807, 2.05) is 0 Å². The van der Waals surface area contributed by atoms with E-state index < -0.39 is 17.7 Å². The average Bonchev–Trinajstić information content (AvgIpc) is 2.69. The Balaban J connectivity index is 1.97. The van der Waals surface area contributed by atoms with Crippen LogP contribution in [-0.2, 0) is 11.3 Å². The minimum Gasteiger partial charge on any atom is -0.476 e. The lowest BCUT2D eigenvalue weighted by atomic mass is 10.2. The maximum absolute atomic E-state index is 11.6. The van der Waals surface area contributed by atoms with Crippen molar-refractivity contribution in [2.75, 3.05) is 6.61 Å². The molecule has 1 aliphatic rings. The Morgan fingerprint density at radius 2 is 2.25 bits per heavy atom. The smallest absolute Gasteiger partial charge is 0.408 e. The summed E-state index contributed by atoms with van der Waals surface area (Å²) in [6, 6.07) is 1.03. The fourth-order valence-electron chi connectivity index (χ4n) is 1.76. The van der Waals surface area contributed by atoms with Crippen molar-refractivity contribution in [3.05, 3.63) is 11.8 Å². The molecule has 2 N–H and O–H groups in total. The predicted octanol–water partition coefficient (Wildman–Crippen LogP) is 0.867. The number of carbonyl (C=O) groups excluding carboxylic acids is 1. The zero-order valence-corrected chi connectivity index (χ0v) is 11.5. The Hall–Kier alpha value is -2.25. The molecule has 1 aromatic rings. The van der Waals surface area contributed by atoms with Crippen LogP contribution in [0.2, 0.25) is 0 Å². The highest BCUT2D eigenvalue weighted by molar-refractivity contribution is 5.85. The minimum absolute atomic E-state index is 0.0853. The van der Waals surface area contributed by atoms with Gasteiger partial charge in [0, 0.05) is 6.07 Å². The molecule has 0 saturated carbocycles. The zero-order valence-electron chi connectivity index (χ0n) is 11.5. The van der Waals surface area contributed by atoms with Crippen molar-refractivity contribution >= 4 is 12.1 Å². The molecule has 1 aromatic heterocycles. The SMILES string of the molecule is CC(C)(C)OC(=O)NC1COc2cc(C(=O)O)nn2C1. The summed E-state index contributed by atoms with van der Waals surface area (Å²) in [4.78, 5) is 22.5. The molecule has 0 radical (unpaired) electrons. The number of aromatic nitrogens is 2. The maximum Gasteiger partial charge on any atom is 0.408 e. The largest absolute Gasteiger partial charge is 0.476 e. The first-order chi connectivity index (χ1) is 9.24. The molecule has 110 valence electrons. The predicted molar refractivity (Wildman–Crippen MR) is 67.8 cm³/mol. The van der Waals surface area contributed by atoms with E-state index in [2.05, 4.69) is 10.4 Å². The number of ether oxygens (including phenoxy) is 2. The van der Waals surface area contributed by atoms with E-state index in [-0.39, 0.29) is 18.3 Å². The van der Waals surface area contributed by atoms with E-state index in [4.69, 9.17) is 14.6 Å². The van der Waals surface area contributed by atoms with E-state index in [0.29, 0.717) is 12.4 Å². The third kappa shape index (κ3) is 3.40. The van der Waals surface area contributed by atoms with Gasteiger partial charge in [-0.1, -0.05) is 0 Å². The van der Waals surface area contributed by atoms with Gasteiger partial charge in [0.15, 0.2) is 5.69 Å². The molecule has 0 fully saturated rings. The highest BCUT2D eigenvalue weighted by atomic mass is 16.6. The average molecular weight is 283 g/mol. The highest BCUT2D eigenvalue weighted by Crippen LogP contribution is 2.19. The van der Waals surface area contributed by atoms with Gasteiger partial charge in [-0.15, -0.1) is 0 Å². The number of aromatic carboxylic acids is 1. The third-order valence-corrected chi connectivity index (χ3v) is 2.51. The van der Waals surface area contributed by atoms with Crippen molar-refractivity contribution in [3.63, 3.8) is 0 Å². The van der Waals surface area contributed by atoms with Gasteiger partial charge in [-0.25, -0.2) is 14.3 Å². The molecule has 2 rings (SSSR count). The lowest BCUT2D eigenvalue weighted by molar-refractivity contribution is 0.0460. The minimum atomic E-state index is -1.12. The number of carboxylic acid groups (broad SMARTS) is 1. The second-order valence-electron chi connectivity index (χ2n) is 5.51. The molecule has 0 aromatic carbocycles. The second kappa shape index (κ2) is 5.03. The number of alkyl carbamates (subject to hydrolysis) is 1. The van der Waals surface area contributed by atoms with Crippen LogP contribution in [0, 0.1) is 0 Å². The second-order valence-corrected chi connectivity index (χ2v) is 5.51. The first-order valence-electron chi connectivity index (χ1n) is 6.18. The van der Waals surface area contributed by atoms with Gasteiger partial charge in [-0.05, 0) is 20.8 Å². The Kier molecular flexibility index (Phi) is 3.56. The molecular formula is C12H17N3O5. The number of nitrogens with zero attached hydrogens (tertiary/aromatic N) is 2. The summed E-state index contributed by atoms with van der Waals surface area (Å²) in [6.45, 7) is 5.89. The molecule has 8 heteroatoms. The molecule has 0 bridgehead atoms. The topological polar surface area (TPSA) is 103 Å². The highest BCUT2D eigenvalue weighted by Gasteiger charge is 2.26. The standard InChI is InChI=1S/C12H17N3O5/c1-12(2,3)20-11(18)13-7-5-15-9(19-6-7)4-8(14-15)10(16)17/h4,7H,5-6H2,1-3H3,(H,13,18)(H,16,17). The fraction of sp³-hybridized carbons (Fsp3) is 0.583. The van der Waals surface area contributed by atoms with E-state index in [1.54, 1.807) is 20.8 Å². The Bertz CT molecular complexity index is 532. The monoisotopic (exact) mass is 283 g/mol. The summed E-state index contributed by atoms with van der Waals surface area (Å²) in [5, 5.41) is 15.4. The molecule has 20 heavy (non-hydrogen) atoms. The van der Waals surface area contributed by atoms with Gasteiger partial charge >= 0.3 is 12.1 Å². The Morgan fingerprint density at radius 3 is 2.85 bits per heavy atom. The lowest BCUT2D eigenvalue weighted by Gasteiger charge is -2.26. The summed E-state index contributed by atoms with van der Waals surface area (Å²) < 4.78 is 11.9. The van der Waals surface area contributed by atoms with Crippen molar-refractivity contribution in [3.8, 4) is 5.88 Å². The molecule has 8 nitrogen and oxygen atoms in total. The third-order valence-electron chi connectivity index (χ3n) is 2.51. The number of hydrogen-bond donors (Lipinski definition) is 2. The number of hydrogen-bond acceptors (Lipinski definition) is 5. The fourth-order valence-corrected chi connectivity index (χ4v) is 1.76. The summed E-state index contributed by atoms with van der Waals surface area (Å²) >= 11 is 0. The Labute approximate surface area is 115 Å². The summed E-state index contributed by atoms with van der Waals surface area (Å²) in [5.41, 5.74) is -0.662. The first-order valence-corrected chi connectivity index (χ1v) is 6.18. The summed E-state index contributed by atoms with van der Waals surface area (Å²) in [7, 11) is 0. The van der Waals surface area contributed by atoms with Gasteiger partial charge in [0.05, 0.1) is 12.6 Å². The van der Waals surface area contributed by atoms with Gasteiger partial charge in [-0.3, -0.25) is 0 Å². The van der Waals surface area contributed by atoms with Crippen LogP contribution in [0.5, 0.6) is 5.88 Å². The molecular weight excluding hydrogens is 266 g/mol. The normalized spacial score (nSPS) is 17.9. The van der Waals surface area contributed by atoms with Gasteiger partial charge in [0.2, 0.25) is 5.88 Å². The molecule has 0 spiro atoms. The lowest BCUT2D eigenvalue weighted by Crippen LogP contribution is -2.46. The van der Waals surface area contributed by atoms with Crippen LogP contribution in [-0.4, -0.2) is 45.2 Å². The van der Waals surface area contributed by atoms with E-state index in [1.165, 1.54) is 10.7 Å². The van der Waals surface area contributed by atoms with Crippen LogP contribution in [0.25, 0.3) is 0 Å². The number of carboxylic acids is 1. The Morgan fingerprint density at radius 1 is 1.55 bits per heavy atom. The van der Waals surface area contributed by atoms with Crippen LogP contribution < -0.4 is 10.1 Å². The van der Waals surface area contributed by atoms with E-state index in [9.17, 15) is 9.59 Å². The van der Waals surface area contributed by atoms with Gasteiger partial charge < -0.3 is 19.9 Å². The van der Waals surface area contributed by atoms with E-state index in [0.717, 1.165) is 0 Å². The number of nitrogens with one attached hydrogen (secondary N) is 1. The van der Waals surface area contributed by atoms with Crippen LogP contribution in [0.3, 0.4) is 0 Å². The molecule has 2 heterocycles. The van der Waals surface area contributed by atoms with Crippen LogP contribution in [0.4, 0.5) is 4.79 Å². The van der Waals surface area contributed by atoms with Crippen LogP contribution in [0.15, 0.2) is 6.07 Å². The number of fused-ring (bicyclic) bond motifs is 1. The van der Waals surface area contributed by atoms with Crippen molar-refractivity contribution in [2.24, 2.45) is 0 Å². The first kappa shape index (κ1) is 14.2. The maximum atomic E-state index is 11.6. The van der Waals surface area contributed by atoms with Gasteiger partial charge in [0.1, 0.15) is 12.2 Å². The zero-order chi connectivity index (χ0) is 14.9. The quantitative estimate of drug-likeness (QED) is 0.834. The molecule has 1 atom stereocenters. The molecule has 0 aliphatic carbocycles. The van der Waals surface area contributed by atoms with Gasteiger partial charge in [-0.2, -0.15) is 5.10 Å². The van der Waals surface area contributed by atoms with Crippen molar-refractivity contribution < 1.29 is 24.2 Å². The van der Waals surface area contributed by atoms with Crippen molar-refractivity contribution in [1.29, 1.82) is 0 Å². The molecule has 1 amide bonds. The molecule has 1 aliphatic heterocycles. The molecule has 0 saturated heterocycles. The van der Waals surface area contributed by atoms with Crippen LogP contribution in [0.1, 0.15) is 31.3 Å². The number of rotatable bonds is 2. The van der Waals surface area contributed by atoms with Crippen molar-refractivity contribution in [1.82, 2.24) is 15.1 Å². The summed E-state index contributed by atoms with van der Waals surface area (Å²) in [5.74, 6) is -0.739. The van der Waals surface area contributed by atoms with Crippen LogP contribution >= 0.6 is 0 Å². The number of amides is 1. The van der Waals surface area contributed by atoms with Gasteiger partial charge in [0.25, 0.3) is 0 Å². The van der Waals surface area contributed by atoms with E-state index >= 15 is 0 Å². The van der Waals surface area contributed by atoms with Crippen molar-refractivity contribution in [2.45, 2.75) is 39.0 Å². The number of carbonyl (C=O) groups is 2. The summed E-state index contributed by atoms with van der Waals surface area (Å²) in [6.07, 6.45) is -0.542. The molecule has 1 unspecified atom stereocenters.